The van der Waals surface area contributed by atoms with Crippen LogP contribution in [0.2, 0.25) is 0 Å². The van der Waals surface area contributed by atoms with Gasteiger partial charge in [-0.25, -0.2) is 0 Å². The van der Waals surface area contributed by atoms with Gasteiger partial charge in [-0.3, -0.25) is 0 Å². The molecule has 174 valence electrons. The van der Waals surface area contributed by atoms with Gasteiger partial charge in [0.05, 0.1) is 18.8 Å². The molecule has 0 bridgehead atoms. The highest BCUT2D eigenvalue weighted by atomic mass is 19.3. The zero-order valence-corrected chi connectivity index (χ0v) is 18.1. The van der Waals surface area contributed by atoms with Gasteiger partial charge < -0.3 is 14.2 Å². The highest BCUT2D eigenvalue weighted by Gasteiger charge is 2.37. The summed E-state index contributed by atoms with van der Waals surface area (Å²) in [6.07, 6.45) is 3.02. The molecule has 1 fully saturated rings. The summed E-state index contributed by atoms with van der Waals surface area (Å²) < 4.78 is 73.1. The highest BCUT2D eigenvalue weighted by Crippen LogP contribution is 2.39. The average molecular weight is 445 g/mol. The Morgan fingerprint density at radius 3 is 2.55 bits per heavy atom. The predicted octanol–water partition coefficient (Wildman–Crippen LogP) is 6.97. The lowest BCUT2D eigenvalue weighted by Gasteiger charge is -2.32. The third kappa shape index (κ3) is 6.37. The van der Waals surface area contributed by atoms with E-state index in [0.717, 1.165) is 25.7 Å². The van der Waals surface area contributed by atoms with Crippen LogP contribution in [0.5, 0.6) is 11.5 Å². The summed E-state index contributed by atoms with van der Waals surface area (Å²) in [5.41, 5.74) is 0.495. The van der Waals surface area contributed by atoms with Crippen LogP contribution in [0.4, 0.5) is 17.6 Å². The Morgan fingerprint density at radius 1 is 1.13 bits per heavy atom. The molecule has 1 unspecified atom stereocenters. The normalized spacial score (nSPS) is 23.7. The van der Waals surface area contributed by atoms with Crippen LogP contribution in [-0.2, 0) is 11.2 Å². The van der Waals surface area contributed by atoms with Crippen molar-refractivity contribution in [1.29, 1.82) is 0 Å². The Hall–Kier alpha value is -1.76. The molecule has 7 heteroatoms. The van der Waals surface area contributed by atoms with Crippen molar-refractivity contribution in [3.63, 3.8) is 0 Å². The zero-order valence-electron chi connectivity index (χ0n) is 18.1. The fourth-order valence-corrected chi connectivity index (χ4v) is 4.48. The van der Waals surface area contributed by atoms with Gasteiger partial charge >= 0.3 is 6.11 Å². The topological polar surface area (TPSA) is 27.7 Å². The Balaban J connectivity index is 1.49. The Kier molecular flexibility index (Phi) is 8.25. The van der Waals surface area contributed by atoms with Crippen LogP contribution >= 0.6 is 0 Å². The second-order valence-corrected chi connectivity index (χ2v) is 8.51. The van der Waals surface area contributed by atoms with Crippen LogP contribution in [0, 0.1) is 17.6 Å². The molecule has 0 amide bonds. The minimum atomic E-state index is -3.26. The van der Waals surface area contributed by atoms with E-state index < -0.39 is 36.4 Å². The van der Waals surface area contributed by atoms with E-state index in [1.54, 1.807) is 6.92 Å². The molecule has 31 heavy (non-hydrogen) atoms. The van der Waals surface area contributed by atoms with E-state index in [0.29, 0.717) is 37.2 Å². The molecule has 1 aliphatic carbocycles. The van der Waals surface area contributed by atoms with Crippen molar-refractivity contribution < 1.29 is 31.8 Å². The first-order valence-corrected chi connectivity index (χ1v) is 11.3. The molecule has 1 aliphatic heterocycles. The predicted molar refractivity (Wildman–Crippen MR) is 111 cm³/mol. The smallest absolute Gasteiger partial charge is 0.356 e. The molecule has 3 nitrogen and oxygen atoms in total. The minimum absolute atomic E-state index is 0.00932. The van der Waals surface area contributed by atoms with Crippen molar-refractivity contribution in [2.45, 2.75) is 89.4 Å². The van der Waals surface area contributed by atoms with Crippen LogP contribution in [0.25, 0.3) is 0 Å². The first-order chi connectivity index (χ1) is 14.8. The fraction of sp³-hybridized carbons (Fsp3) is 0.667. The number of halogens is 4. The van der Waals surface area contributed by atoms with Gasteiger partial charge in [0.25, 0.3) is 0 Å². The monoisotopic (exact) mass is 444 g/mol. The number of allylic oxidation sites excluding steroid dienone is 1. The van der Waals surface area contributed by atoms with E-state index in [1.807, 2.05) is 6.08 Å². The summed E-state index contributed by atoms with van der Waals surface area (Å²) in [6.45, 7) is 5.61. The van der Waals surface area contributed by atoms with Crippen molar-refractivity contribution in [1.82, 2.24) is 0 Å². The molecular weight excluding hydrogens is 412 g/mol. The molecule has 0 N–H and O–H groups in total. The summed E-state index contributed by atoms with van der Waals surface area (Å²) >= 11 is 0. The molecule has 3 rings (SSSR count). The van der Waals surface area contributed by atoms with Crippen LogP contribution in [0.1, 0.15) is 70.3 Å². The van der Waals surface area contributed by atoms with Gasteiger partial charge in [-0.2, -0.15) is 17.6 Å². The Morgan fingerprint density at radius 2 is 1.87 bits per heavy atom. The van der Waals surface area contributed by atoms with Crippen LogP contribution in [-0.4, -0.2) is 24.9 Å². The van der Waals surface area contributed by atoms with Gasteiger partial charge in [0.15, 0.2) is 11.5 Å². The number of rotatable bonds is 10. The first-order valence-electron chi connectivity index (χ1n) is 11.3. The van der Waals surface area contributed by atoms with Gasteiger partial charge in [0.1, 0.15) is 0 Å². The molecule has 0 radical (unpaired) electrons. The Labute approximate surface area is 181 Å². The quantitative estimate of drug-likeness (QED) is 0.288. The number of hydrogen-bond donors (Lipinski definition) is 0. The van der Waals surface area contributed by atoms with Crippen molar-refractivity contribution in [2.24, 2.45) is 5.92 Å². The molecule has 0 spiro atoms. The summed E-state index contributed by atoms with van der Waals surface area (Å²) in [6, 6.07) is 1.43. The van der Waals surface area contributed by atoms with E-state index in [2.05, 4.69) is 6.58 Å². The van der Waals surface area contributed by atoms with Crippen molar-refractivity contribution in [3.05, 3.63) is 35.9 Å². The van der Waals surface area contributed by atoms with E-state index in [9.17, 15) is 17.6 Å². The lowest BCUT2D eigenvalue weighted by molar-refractivity contribution is -0.273. The maximum Gasteiger partial charge on any atom is 0.356 e. The fourth-order valence-electron chi connectivity index (χ4n) is 4.48. The van der Waals surface area contributed by atoms with Crippen molar-refractivity contribution >= 4 is 0 Å². The van der Waals surface area contributed by atoms with Crippen LogP contribution < -0.4 is 9.47 Å². The Bertz CT molecular complexity index is 745. The zero-order chi connectivity index (χ0) is 22.4. The molecule has 1 heterocycles. The molecule has 0 aromatic heterocycles. The van der Waals surface area contributed by atoms with Gasteiger partial charge in [-0.05, 0) is 76.7 Å². The molecule has 0 saturated heterocycles. The molecule has 2 aliphatic rings. The van der Waals surface area contributed by atoms with E-state index >= 15 is 0 Å². The number of alkyl halides is 2. The van der Waals surface area contributed by atoms with Crippen molar-refractivity contribution in [3.8, 4) is 11.5 Å². The molecular formula is C24H32F4O3. The summed E-state index contributed by atoms with van der Waals surface area (Å²) in [5.74, 6) is -2.03. The van der Waals surface area contributed by atoms with Crippen LogP contribution in [0.3, 0.4) is 0 Å². The van der Waals surface area contributed by atoms with Gasteiger partial charge in [-0.15, -0.1) is 6.58 Å². The van der Waals surface area contributed by atoms with E-state index in [4.69, 9.17) is 14.2 Å². The summed E-state index contributed by atoms with van der Waals surface area (Å²) in [4.78, 5) is 0. The summed E-state index contributed by atoms with van der Waals surface area (Å²) in [5, 5.41) is 0. The third-order valence-electron chi connectivity index (χ3n) is 6.19. The maximum absolute atomic E-state index is 14.4. The lowest BCUT2D eigenvalue weighted by Crippen LogP contribution is -2.33. The van der Waals surface area contributed by atoms with Gasteiger partial charge in [0.2, 0.25) is 11.6 Å². The van der Waals surface area contributed by atoms with Crippen molar-refractivity contribution in [2.75, 3.05) is 6.61 Å². The number of ether oxygens (including phenoxy) is 3. The molecule has 1 aromatic carbocycles. The molecule has 1 aromatic rings. The second-order valence-electron chi connectivity index (χ2n) is 8.51. The van der Waals surface area contributed by atoms with E-state index in [1.165, 1.54) is 6.07 Å². The number of aryl methyl sites for hydroxylation is 1. The minimum Gasteiger partial charge on any atom is -0.491 e. The molecule has 1 saturated carbocycles. The van der Waals surface area contributed by atoms with Crippen LogP contribution in [0.15, 0.2) is 18.7 Å². The maximum atomic E-state index is 14.4. The largest absolute Gasteiger partial charge is 0.491 e. The van der Waals surface area contributed by atoms with Gasteiger partial charge in [-0.1, -0.05) is 6.08 Å². The standard InChI is InChI=1S/C24H32F4O3/c1-3-5-6-16-7-10-19(11-8-16)31-24(27,28)14-13-18-12-9-17-15-20(29-4-2)21(25)22(26)23(17)30-18/h3,15-16,18-19H,1,4-14H2,2H3. The number of benzene rings is 1. The first kappa shape index (κ1) is 23.9. The highest BCUT2D eigenvalue weighted by molar-refractivity contribution is 5.44. The van der Waals surface area contributed by atoms with E-state index in [-0.39, 0.29) is 24.5 Å². The third-order valence-corrected chi connectivity index (χ3v) is 6.19. The second kappa shape index (κ2) is 10.7. The summed E-state index contributed by atoms with van der Waals surface area (Å²) in [7, 11) is 0. The number of hydrogen-bond acceptors (Lipinski definition) is 3. The average Bonchev–Trinajstić information content (AvgIpc) is 2.75. The lowest BCUT2D eigenvalue weighted by atomic mass is 9.84. The SMILES string of the molecule is C=CCCC1CCC(OC(F)(F)CCC2CCc3cc(OCC)c(F)c(F)c3O2)CC1. The molecule has 1 atom stereocenters. The number of fused-ring (bicyclic) bond motifs is 1. The van der Waals surface area contributed by atoms with Gasteiger partial charge in [0, 0.05) is 12.0 Å².